The van der Waals surface area contributed by atoms with Crippen LogP contribution in [0.3, 0.4) is 0 Å². The minimum atomic E-state index is -0.651. The Morgan fingerprint density at radius 3 is 2.69 bits per heavy atom. The van der Waals surface area contributed by atoms with Crippen molar-refractivity contribution < 1.29 is 19.0 Å². The van der Waals surface area contributed by atoms with Crippen LogP contribution in [0, 0.1) is 0 Å². The van der Waals surface area contributed by atoms with Crippen molar-refractivity contribution >= 4 is 29.5 Å². The number of carbonyl (C=O) groups excluding carboxylic acids is 2. The summed E-state index contributed by atoms with van der Waals surface area (Å²) >= 11 is 0. The summed E-state index contributed by atoms with van der Waals surface area (Å²) in [5, 5.41) is 22.3. The summed E-state index contributed by atoms with van der Waals surface area (Å²) in [5.41, 5.74) is 15.3. The second-order valence-corrected chi connectivity index (χ2v) is 7.20. The van der Waals surface area contributed by atoms with Gasteiger partial charge < -0.3 is 21.5 Å². The number of aromatic nitrogens is 5. The number of ether oxygens (including phenoxy) is 1. The van der Waals surface area contributed by atoms with E-state index >= 15 is 0 Å². The summed E-state index contributed by atoms with van der Waals surface area (Å²) in [6.07, 6.45) is 1.45. The third-order valence-electron chi connectivity index (χ3n) is 4.90. The first kappa shape index (κ1) is 23.9. The number of hydrazone groups is 1. The smallest absolute Gasteiger partial charge is 0.293 e. The highest BCUT2D eigenvalue weighted by molar-refractivity contribution is 5.98. The second kappa shape index (κ2) is 10.8. The highest BCUT2D eigenvalue weighted by Gasteiger charge is 2.24. The predicted molar refractivity (Wildman–Crippen MR) is 129 cm³/mol. The third kappa shape index (κ3) is 5.11. The van der Waals surface area contributed by atoms with Gasteiger partial charge in [-0.15, -0.1) is 5.10 Å². The summed E-state index contributed by atoms with van der Waals surface area (Å²) in [4.78, 5) is 24.7. The van der Waals surface area contributed by atoms with E-state index in [-0.39, 0.29) is 35.1 Å². The Morgan fingerprint density at radius 2 is 1.94 bits per heavy atom. The van der Waals surface area contributed by atoms with E-state index in [2.05, 4.69) is 41.1 Å². The van der Waals surface area contributed by atoms with Crippen molar-refractivity contribution in [2.24, 2.45) is 10.8 Å². The number of primary amides is 1. The van der Waals surface area contributed by atoms with E-state index in [9.17, 15) is 9.59 Å². The van der Waals surface area contributed by atoms with Crippen molar-refractivity contribution in [3.63, 3.8) is 0 Å². The maximum Gasteiger partial charge on any atom is 0.293 e. The molecule has 36 heavy (non-hydrogen) atoms. The van der Waals surface area contributed by atoms with Crippen LogP contribution in [-0.4, -0.2) is 49.9 Å². The molecule has 2 amide bonds. The summed E-state index contributed by atoms with van der Waals surface area (Å²) < 4.78 is 11.4. The van der Waals surface area contributed by atoms with E-state index in [1.165, 1.54) is 10.9 Å². The van der Waals surface area contributed by atoms with Crippen LogP contribution >= 0.6 is 0 Å². The van der Waals surface area contributed by atoms with Crippen LogP contribution in [0.15, 0.2) is 58.3 Å². The minimum Gasteiger partial charge on any atom is -0.493 e. The summed E-state index contributed by atoms with van der Waals surface area (Å²) in [7, 11) is 0. The Morgan fingerprint density at radius 1 is 1.17 bits per heavy atom. The van der Waals surface area contributed by atoms with Crippen LogP contribution in [0.25, 0.3) is 5.82 Å². The first-order chi connectivity index (χ1) is 17.5. The molecule has 0 bridgehead atoms. The van der Waals surface area contributed by atoms with Gasteiger partial charge >= 0.3 is 0 Å². The Kier molecular flexibility index (Phi) is 7.14. The standard InChI is InChI=1S/C22H22N10O4/c1-2-35-17-10-6-3-7-13(17)11-26-28-22(34)18-16(32(31-27-18)21-19(23)29-36-30-21)12-25-15-9-5-4-8-14(15)20(24)33/h3-11,25H,2,12H2,1H3,(H2,23,29)(H2,24,33)(H,28,34). The number of hydrogen-bond acceptors (Lipinski definition) is 11. The molecule has 0 spiro atoms. The normalized spacial score (nSPS) is 10.9. The molecule has 184 valence electrons. The fraction of sp³-hybridized carbons (Fsp3) is 0.136. The Hall–Kier alpha value is -5.27. The van der Waals surface area contributed by atoms with Gasteiger partial charge in [0, 0.05) is 11.3 Å². The highest BCUT2D eigenvalue weighted by atomic mass is 16.6. The average molecular weight is 490 g/mol. The summed E-state index contributed by atoms with van der Waals surface area (Å²) in [6.45, 7) is 2.34. The van der Waals surface area contributed by atoms with E-state index in [1.807, 2.05) is 19.1 Å². The zero-order valence-corrected chi connectivity index (χ0v) is 19.1. The van der Waals surface area contributed by atoms with Gasteiger partial charge in [-0.2, -0.15) is 9.78 Å². The van der Waals surface area contributed by atoms with Gasteiger partial charge in [-0.3, -0.25) is 9.59 Å². The minimum absolute atomic E-state index is 0.0107. The van der Waals surface area contributed by atoms with Gasteiger partial charge in [-0.05, 0) is 41.5 Å². The zero-order chi connectivity index (χ0) is 25.5. The number of nitrogen functional groups attached to an aromatic ring is 1. The van der Waals surface area contributed by atoms with Crippen LogP contribution in [0.2, 0.25) is 0 Å². The van der Waals surface area contributed by atoms with Crippen molar-refractivity contribution in [1.82, 2.24) is 30.7 Å². The van der Waals surface area contributed by atoms with Gasteiger partial charge in [0.05, 0.1) is 30.6 Å². The molecular weight excluding hydrogens is 468 g/mol. The number of amides is 2. The van der Waals surface area contributed by atoms with Crippen molar-refractivity contribution in [3.8, 4) is 11.6 Å². The maximum atomic E-state index is 13.0. The van der Waals surface area contributed by atoms with Crippen LogP contribution < -0.4 is 26.9 Å². The van der Waals surface area contributed by atoms with Gasteiger partial charge in [0.15, 0.2) is 5.69 Å². The molecule has 0 saturated carbocycles. The number of hydrogen-bond donors (Lipinski definition) is 4. The number of nitrogens with one attached hydrogen (secondary N) is 2. The van der Waals surface area contributed by atoms with Gasteiger partial charge in [-0.25, -0.2) is 10.1 Å². The molecule has 2 heterocycles. The lowest BCUT2D eigenvalue weighted by Gasteiger charge is -2.11. The zero-order valence-electron chi connectivity index (χ0n) is 19.1. The molecule has 0 saturated heterocycles. The summed E-state index contributed by atoms with van der Waals surface area (Å²) in [5.74, 6) is -0.668. The number of nitrogens with two attached hydrogens (primary N) is 2. The molecule has 4 rings (SSSR count). The van der Waals surface area contributed by atoms with Crippen molar-refractivity contribution in [3.05, 3.63) is 71.0 Å². The van der Waals surface area contributed by atoms with Gasteiger partial charge in [0.1, 0.15) is 5.75 Å². The average Bonchev–Trinajstić information content (AvgIpc) is 3.49. The molecule has 6 N–H and O–H groups in total. The number of rotatable bonds is 10. The Bertz CT molecular complexity index is 1410. The Balaban J connectivity index is 1.60. The first-order valence-electron chi connectivity index (χ1n) is 10.7. The first-order valence-corrected chi connectivity index (χ1v) is 10.7. The third-order valence-corrected chi connectivity index (χ3v) is 4.90. The number of anilines is 2. The SMILES string of the molecule is CCOc1ccccc1C=NNC(=O)c1nnn(-c2nonc2N)c1CNc1ccccc1C(N)=O. The fourth-order valence-corrected chi connectivity index (χ4v) is 3.26. The molecule has 14 heteroatoms. The van der Waals surface area contributed by atoms with E-state index in [0.29, 0.717) is 23.6 Å². The lowest BCUT2D eigenvalue weighted by molar-refractivity contribution is 0.0947. The Labute approximate surface area is 204 Å². The monoisotopic (exact) mass is 490 g/mol. The van der Waals surface area contributed by atoms with Crippen molar-refractivity contribution in [2.45, 2.75) is 13.5 Å². The quantitative estimate of drug-likeness (QED) is 0.184. The number of nitrogens with zero attached hydrogens (tertiary/aromatic N) is 6. The molecule has 0 radical (unpaired) electrons. The van der Waals surface area contributed by atoms with Gasteiger partial charge in [0.2, 0.25) is 11.6 Å². The molecule has 2 aromatic carbocycles. The number of carbonyl (C=O) groups is 2. The highest BCUT2D eigenvalue weighted by Crippen LogP contribution is 2.20. The number of para-hydroxylation sites is 2. The topological polar surface area (TPSA) is 201 Å². The number of benzene rings is 2. The molecular formula is C22H22N10O4. The molecule has 0 fully saturated rings. The largest absolute Gasteiger partial charge is 0.493 e. The lowest BCUT2D eigenvalue weighted by atomic mass is 10.1. The van der Waals surface area contributed by atoms with Crippen LogP contribution in [-0.2, 0) is 6.54 Å². The maximum absolute atomic E-state index is 13.0. The van der Waals surface area contributed by atoms with Gasteiger partial charge in [-0.1, -0.05) is 29.5 Å². The molecule has 0 aliphatic heterocycles. The van der Waals surface area contributed by atoms with Crippen LogP contribution in [0.5, 0.6) is 5.75 Å². The predicted octanol–water partition coefficient (Wildman–Crippen LogP) is 1.11. The van der Waals surface area contributed by atoms with Crippen LogP contribution in [0.4, 0.5) is 11.5 Å². The van der Waals surface area contributed by atoms with E-state index < -0.39 is 11.8 Å². The van der Waals surface area contributed by atoms with E-state index in [1.54, 1.807) is 36.4 Å². The molecule has 0 unspecified atom stereocenters. The molecule has 2 aromatic heterocycles. The van der Waals surface area contributed by atoms with Gasteiger partial charge in [0.25, 0.3) is 11.8 Å². The fourth-order valence-electron chi connectivity index (χ4n) is 3.26. The molecule has 0 aliphatic carbocycles. The second-order valence-electron chi connectivity index (χ2n) is 7.20. The molecule has 14 nitrogen and oxygen atoms in total. The summed E-state index contributed by atoms with van der Waals surface area (Å²) in [6, 6.07) is 13.9. The van der Waals surface area contributed by atoms with Crippen molar-refractivity contribution in [1.29, 1.82) is 0 Å². The molecule has 0 aliphatic rings. The lowest BCUT2D eigenvalue weighted by Crippen LogP contribution is -2.22. The van der Waals surface area contributed by atoms with Crippen molar-refractivity contribution in [2.75, 3.05) is 17.7 Å². The van der Waals surface area contributed by atoms with Crippen LogP contribution in [0.1, 0.15) is 39.0 Å². The molecule has 0 atom stereocenters. The van der Waals surface area contributed by atoms with E-state index in [4.69, 9.17) is 16.2 Å². The molecule has 4 aromatic rings. The van der Waals surface area contributed by atoms with E-state index in [0.717, 1.165) is 0 Å².